The molecule has 0 bridgehead atoms. The maximum atomic E-state index is 8.48. The molecule has 1 heterocycles. The molecule has 1 aliphatic rings. The number of nitrogens with zero attached hydrogens (tertiary/aromatic N) is 1. The van der Waals surface area contributed by atoms with Crippen molar-refractivity contribution < 1.29 is 5.21 Å². The van der Waals surface area contributed by atoms with Crippen LogP contribution in [0.25, 0.3) is 0 Å². The van der Waals surface area contributed by atoms with Crippen LogP contribution >= 0.6 is 11.8 Å². The molecule has 0 saturated carbocycles. The first-order valence-corrected chi connectivity index (χ1v) is 4.11. The van der Waals surface area contributed by atoms with Gasteiger partial charge in [0.05, 0.1) is 5.71 Å². The standard InChI is InChI=1S/C6H11NOS/c1-6(2)4-9-3-5(6)7-8/h8H,3-4H2,1-2H3. The third-order valence-corrected chi connectivity index (χ3v) is 3.01. The van der Waals surface area contributed by atoms with Crippen molar-refractivity contribution in [3.63, 3.8) is 0 Å². The lowest BCUT2D eigenvalue weighted by Crippen LogP contribution is -2.21. The zero-order chi connectivity index (χ0) is 6.91. The van der Waals surface area contributed by atoms with Crippen molar-refractivity contribution in [3.8, 4) is 0 Å². The second kappa shape index (κ2) is 2.21. The number of hydrogen-bond donors (Lipinski definition) is 1. The van der Waals surface area contributed by atoms with Crippen molar-refractivity contribution in [2.24, 2.45) is 10.6 Å². The van der Waals surface area contributed by atoms with Gasteiger partial charge >= 0.3 is 0 Å². The van der Waals surface area contributed by atoms with Crippen molar-refractivity contribution in [2.45, 2.75) is 13.8 Å². The topological polar surface area (TPSA) is 32.6 Å². The highest BCUT2D eigenvalue weighted by atomic mass is 32.2. The summed E-state index contributed by atoms with van der Waals surface area (Å²) in [5, 5.41) is 11.7. The summed E-state index contributed by atoms with van der Waals surface area (Å²) in [4.78, 5) is 0. The van der Waals surface area contributed by atoms with Gasteiger partial charge in [0.2, 0.25) is 0 Å². The summed E-state index contributed by atoms with van der Waals surface area (Å²) in [6.07, 6.45) is 0. The Morgan fingerprint density at radius 3 is 2.56 bits per heavy atom. The average Bonchev–Trinajstić information content (AvgIpc) is 2.08. The van der Waals surface area contributed by atoms with Gasteiger partial charge in [-0.3, -0.25) is 0 Å². The molecule has 2 nitrogen and oxygen atoms in total. The summed E-state index contributed by atoms with van der Waals surface area (Å²) in [7, 11) is 0. The monoisotopic (exact) mass is 145 g/mol. The Balaban J connectivity index is 2.75. The van der Waals surface area contributed by atoms with Gasteiger partial charge in [-0.2, -0.15) is 11.8 Å². The third kappa shape index (κ3) is 1.21. The van der Waals surface area contributed by atoms with Crippen LogP contribution in [0.15, 0.2) is 5.16 Å². The van der Waals surface area contributed by atoms with Crippen LogP contribution in [-0.4, -0.2) is 22.4 Å². The average molecular weight is 145 g/mol. The van der Waals surface area contributed by atoms with Crippen LogP contribution in [0.5, 0.6) is 0 Å². The van der Waals surface area contributed by atoms with Gasteiger partial charge in [0, 0.05) is 16.9 Å². The molecule has 1 aliphatic heterocycles. The zero-order valence-electron chi connectivity index (χ0n) is 5.72. The van der Waals surface area contributed by atoms with E-state index in [2.05, 4.69) is 19.0 Å². The van der Waals surface area contributed by atoms with Crippen molar-refractivity contribution >= 4 is 17.5 Å². The smallest absolute Gasteiger partial charge is 0.0733 e. The molecule has 1 N–H and O–H groups in total. The van der Waals surface area contributed by atoms with Crippen LogP contribution in [0.4, 0.5) is 0 Å². The highest BCUT2D eigenvalue weighted by Gasteiger charge is 2.31. The summed E-state index contributed by atoms with van der Waals surface area (Å²) in [6, 6.07) is 0. The minimum absolute atomic E-state index is 0.124. The molecule has 0 spiro atoms. The van der Waals surface area contributed by atoms with Crippen LogP contribution < -0.4 is 0 Å². The minimum Gasteiger partial charge on any atom is -0.411 e. The predicted octanol–water partition coefficient (Wildman–Crippen LogP) is 1.59. The zero-order valence-corrected chi connectivity index (χ0v) is 6.53. The number of rotatable bonds is 0. The van der Waals surface area contributed by atoms with E-state index < -0.39 is 0 Å². The van der Waals surface area contributed by atoms with E-state index in [1.807, 2.05) is 11.8 Å². The Hall–Kier alpha value is -0.180. The molecule has 0 atom stereocenters. The van der Waals surface area contributed by atoms with Gasteiger partial charge < -0.3 is 5.21 Å². The first kappa shape index (κ1) is 6.93. The van der Waals surface area contributed by atoms with Gasteiger partial charge in [0.15, 0.2) is 0 Å². The molecule has 0 radical (unpaired) electrons. The number of oxime groups is 1. The van der Waals surface area contributed by atoms with E-state index in [9.17, 15) is 0 Å². The fourth-order valence-electron chi connectivity index (χ4n) is 0.846. The van der Waals surface area contributed by atoms with E-state index in [4.69, 9.17) is 5.21 Å². The fourth-order valence-corrected chi connectivity index (χ4v) is 2.27. The van der Waals surface area contributed by atoms with Gasteiger partial charge in [-0.15, -0.1) is 0 Å². The Bertz CT molecular complexity index is 142. The molecule has 1 saturated heterocycles. The summed E-state index contributed by atoms with van der Waals surface area (Å²) < 4.78 is 0. The van der Waals surface area contributed by atoms with Crippen LogP contribution in [0, 0.1) is 5.41 Å². The highest BCUT2D eigenvalue weighted by molar-refractivity contribution is 8.00. The van der Waals surface area contributed by atoms with Gasteiger partial charge in [0.25, 0.3) is 0 Å². The highest BCUT2D eigenvalue weighted by Crippen LogP contribution is 2.32. The van der Waals surface area contributed by atoms with E-state index in [0.29, 0.717) is 0 Å². The normalized spacial score (nSPS) is 29.3. The van der Waals surface area contributed by atoms with E-state index in [1.165, 1.54) is 0 Å². The predicted molar refractivity (Wildman–Crippen MR) is 40.3 cm³/mol. The second-order valence-corrected chi connectivity index (χ2v) is 3.91. The van der Waals surface area contributed by atoms with Crippen LogP contribution in [-0.2, 0) is 0 Å². The summed E-state index contributed by atoms with van der Waals surface area (Å²) in [6.45, 7) is 4.20. The Morgan fingerprint density at radius 1 is 1.67 bits per heavy atom. The van der Waals surface area contributed by atoms with Crippen molar-refractivity contribution in [2.75, 3.05) is 11.5 Å². The lowest BCUT2D eigenvalue weighted by atomic mass is 9.91. The van der Waals surface area contributed by atoms with Gasteiger partial charge in [-0.25, -0.2) is 0 Å². The number of thioether (sulfide) groups is 1. The lowest BCUT2D eigenvalue weighted by molar-refractivity contribution is 0.312. The van der Waals surface area contributed by atoms with Crippen LogP contribution in [0.2, 0.25) is 0 Å². The molecule has 3 heteroatoms. The Morgan fingerprint density at radius 2 is 2.33 bits per heavy atom. The second-order valence-electron chi connectivity index (χ2n) is 2.92. The van der Waals surface area contributed by atoms with Gasteiger partial charge in [-0.05, 0) is 0 Å². The molecule has 0 aromatic carbocycles. The van der Waals surface area contributed by atoms with E-state index in [0.717, 1.165) is 17.2 Å². The molecule has 9 heavy (non-hydrogen) atoms. The molecule has 0 aliphatic carbocycles. The largest absolute Gasteiger partial charge is 0.411 e. The SMILES string of the molecule is CC1(C)CSCC1=NO. The molecule has 1 fully saturated rings. The van der Waals surface area contributed by atoms with Crippen LogP contribution in [0.1, 0.15) is 13.8 Å². The minimum atomic E-state index is 0.124. The molecule has 0 aromatic rings. The van der Waals surface area contributed by atoms with E-state index >= 15 is 0 Å². The Labute approximate surface area is 59.3 Å². The third-order valence-electron chi connectivity index (χ3n) is 1.60. The van der Waals surface area contributed by atoms with Gasteiger partial charge in [0.1, 0.15) is 0 Å². The quantitative estimate of drug-likeness (QED) is 0.414. The van der Waals surface area contributed by atoms with Crippen molar-refractivity contribution in [3.05, 3.63) is 0 Å². The summed E-state index contributed by atoms with van der Waals surface area (Å²) >= 11 is 1.82. The van der Waals surface area contributed by atoms with Crippen molar-refractivity contribution in [1.82, 2.24) is 0 Å². The first-order valence-electron chi connectivity index (χ1n) is 2.96. The first-order chi connectivity index (χ1) is 4.17. The lowest BCUT2D eigenvalue weighted by Gasteiger charge is -2.14. The van der Waals surface area contributed by atoms with Crippen molar-refractivity contribution in [1.29, 1.82) is 0 Å². The molecule has 52 valence electrons. The molecular formula is C6H11NOS. The van der Waals surface area contributed by atoms with E-state index in [1.54, 1.807) is 0 Å². The van der Waals surface area contributed by atoms with E-state index in [-0.39, 0.29) is 5.41 Å². The fraction of sp³-hybridized carbons (Fsp3) is 0.833. The maximum absolute atomic E-state index is 8.48. The molecule has 0 aromatic heterocycles. The maximum Gasteiger partial charge on any atom is 0.0733 e. The molecular weight excluding hydrogens is 134 g/mol. The summed E-state index contributed by atoms with van der Waals surface area (Å²) in [5.41, 5.74) is 1.05. The summed E-state index contributed by atoms with van der Waals surface area (Å²) in [5.74, 6) is 1.97. The van der Waals surface area contributed by atoms with Crippen LogP contribution in [0.3, 0.4) is 0 Å². The molecule has 1 rings (SSSR count). The molecule has 0 unspecified atom stereocenters. The molecule has 0 amide bonds. The number of hydrogen-bond acceptors (Lipinski definition) is 3. The van der Waals surface area contributed by atoms with Gasteiger partial charge in [-0.1, -0.05) is 19.0 Å². The Kier molecular flexibility index (Phi) is 1.70.